The summed E-state index contributed by atoms with van der Waals surface area (Å²) < 4.78 is 5.04. The van der Waals surface area contributed by atoms with Gasteiger partial charge in [-0.25, -0.2) is 4.98 Å². The van der Waals surface area contributed by atoms with Crippen LogP contribution >= 0.6 is 0 Å². The monoisotopic (exact) mass is 278 g/mol. The number of nitrogens with one attached hydrogen (secondary N) is 1. The third-order valence-electron chi connectivity index (χ3n) is 3.84. The van der Waals surface area contributed by atoms with Crippen LogP contribution in [0.2, 0.25) is 0 Å². The van der Waals surface area contributed by atoms with Crippen LogP contribution in [0.25, 0.3) is 0 Å². The largest absolute Gasteiger partial charge is 0.385 e. The first-order valence-electron chi connectivity index (χ1n) is 7.67. The molecule has 0 aromatic carbocycles. The van der Waals surface area contributed by atoms with Crippen LogP contribution in [0.1, 0.15) is 39.0 Å². The molecule has 0 radical (unpaired) electrons. The van der Waals surface area contributed by atoms with Crippen LogP contribution < -0.4 is 10.2 Å². The average molecular weight is 278 g/mol. The molecule has 0 spiro atoms. The van der Waals surface area contributed by atoms with Gasteiger partial charge in [0.15, 0.2) is 0 Å². The summed E-state index contributed by atoms with van der Waals surface area (Å²) in [7, 11) is 1.72. The highest BCUT2D eigenvalue weighted by molar-refractivity contribution is 5.43. The molecule has 1 N–H and O–H groups in total. The van der Waals surface area contributed by atoms with E-state index in [-0.39, 0.29) is 0 Å². The Morgan fingerprint density at radius 2 is 2.35 bits per heavy atom. The summed E-state index contributed by atoms with van der Waals surface area (Å²) in [6.07, 6.45) is 7.87. The van der Waals surface area contributed by atoms with Gasteiger partial charge in [0, 0.05) is 39.0 Å². The molecule has 1 aromatic heterocycles. The number of nitrogens with zero attached hydrogens (tertiary/aromatic N) is 3. The summed E-state index contributed by atoms with van der Waals surface area (Å²) >= 11 is 0. The molecule has 1 aliphatic heterocycles. The Balaban J connectivity index is 1.97. The zero-order valence-electron chi connectivity index (χ0n) is 12.6. The van der Waals surface area contributed by atoms with Gasteiger partial charge in [0.2, 0.25) is 5.95 Å². The number of hydrogen-bond acceptors (Lipinski definition) is 5. The van der Waals surface area contributed by atoms with E-state index in [4.69, 9.17) is 4.74 Å². The van der Waals surface area contributed by atoms with Crippen LogP contribution in [0.5, 0.6) is 0 Å². The minimum Gasteiger partial charge on any atom is -0.385 e. The van der Waals surface area contributed by atoms with Gasteiger partial charge >= 0.3 is 0 Å². The van der Waals surface area contributed by atoms with Crippen LogP contribution in [0.3, 0.4) is 0 Å². The van der Waals surface area contributed by atoms with E-state index in [1.807, 2.05) is 12.3 Å². The van der Waals surface area contributed by atoms with Crippen LogP contribution in [-0.4, -0.2) is 42.8 Å². The van der Waals surface area contributed by atoms with Gasteiger partial charge in [-0.1, -0.05) is 6.92 Å². The zero-order valence-corrected chi connectivity index (χ0v) is 12.6. The average Bonchev–Trinajstić information content (AvgIpc) is 2.52. The Morgan fingerprint density at radius 3 is 3.15 bits per heavy atom. The lowest BCUT2D eigenvalue weighted by Crippen LogP contribution is -2.39. The first-order chi connectivity index (χ1) is 9.85. The van der Waals surface area contributed by atoms with Gasteiger partial charge in [-0.05, 0) is 38.2 Å². The maximum atomic E-state index is 5.04. The van der Waals surface area contributed by atoms with E-state index in [0.29, 0.717) is 6.04 Å². The Hall–Kier alpha value is -1.36. The molecule has 0 bridgehead atoms. The molecule has 2 heterocycles. The molecule has 1 saturated heterocycles. The van der Waals surface area contributed by atoms with Crippen molar-refractivity contribution in [1.82, 2.24) is 9.97 Å². The third-order valence-corrected chi connectivity index (χ3v) is 3.84. The van der Waals surface area contributed by atoms with Crippen molar-refractivity contribution >= 4 is 11.8 Å². The highest BCUT2D eigenvalue weighted by Gasteiger charge is 2.22. The Bertz CT molecular complexity index is 399. The molecule has 0 aliphatic carbocycles. The van der Waals surface area contributed by atoms with Gasteiger partial charge in [-0.3, -0.25) is 0 Å². The first kappa shape index (κ1) is 15.0. The molecular weight excluding hydrogens is 252 g/mol. The topological polar surface area (TPSA) is 50.3 Å². The smallest absolute Gasteiger partial charge is 0.224 e. The van der Waals surface area contributed by atoms with Crippen LogP contribution in [-0.2, 0) is 4.74 Å². The van der Waals surface area contributed by atoms with E-state index in [0.717, 1.165) is 37.9 Å². The molecule has 20 heavy (non-hydrogen) atoms. The molecule has 5 nitrogen and oxygen atoms in total. The molecule has 0 saturated carbocycles. The second kappa shape index (κ2) is 8.04. The minimum atomic E-state index is 0.625. The summed E-state index contributed by atoms with van der Waals surface area (Å²) in [4.78, 5) is 11.4. The van der Waals surface area contributed by atoms with E-state index >= 15 is 0 Å². The number of rotatable bonds is 7. The molecular formula is C15H26N4O. The summed E-state index contributed by atoms with van der Waals surface area (Å²) in [5.74, 6) is 1.78. The lowest BCUT2D eigenvalue weighted by atomic mass is 10.0. The van der Waals surface area contributed by atoms with Gasteiger partial charge in [0.05, 0.1) is 0 Å². The van der Waals surface area contributed by atoms with Gasteiger partial charge in [0.1, 0.15) is 5.82 Å². The summed E-state index contributed by atoms with van der Waals surface area (Å²) in [6.45, 7) is 4.97. The maximum absolute atomic E-state index is 5.04. The fraction of sp³-hybridized carbons (Fsp3) is 0.733. The highest BCUT2D eigenvalue weighted by Crippen LogP contribution is 2.25. The van der Waals surface area contributed by atoms with E-state index in [1.165, 1.54) is 25.7 Å². The van der Waals surface area contributed by atoms with Crippen LogP contribution in [0, 0.1) is 0 Å². The second-order valence-corrected chi connectivity index (χ2v) is 5.26. The second-order valence-electron chi connectivity index (χ2n) is 5.26. The standard InChI is InChI=1S/C15H26N4O/c1-3-13-7-4-5-11-19(13)14-8-10-17-15(18-14)16-9-6-12-20-2/h8,10,13H,3-7,9,11-12H2,1-2H3,(H,16,17,18). The quantitative estimate of drug-likeness (QED) is 0.777. The van der Waals surface area contributed by atoms with Crippen molar-refractivity contribution < 1.29 is 4.74 Å². The lowest BCUT2D eigenvalue weighted by Gasteiger charge is -2.36. The molecule has 5 heteroatoms. The van der Waals surface area contributed by atoms with E-state index < -0.39 is 0 Å². The van der Waals surface area contributed by atoms with Crippen molar-refractivity contribution in [3.05, 3.63) is 12.3 Å². The lowest BCUT2D eigenvalue weighted by molar-refractivity contribution is 0.197. The van der Waals surface area contributed by atoms with Crippen LogP contribution in [0.4, 0.5) is 11.8 Å². The van der Waals surface area contributed by atoms with E-state index in [2.05, 4.69) is 27.1 Å². The van der Waals surface area contributed by atoms with Crippen molar-refractivity contribution in [3.63, 3.8) is 0 Å². The van der Waals surface area contributed by atoms with Crippen molar-refractivity contribution in [1.29, 1.82) is 0 Å². The van der Waals surface area contributed by atoms with Gasteiger partial charge in [0.25, 0.3) is 0 Å². The summed E-state index contributed by atoms with van der Waals surface area (Å²) in [6, 6.07) is 2.65. The van der Waals surface area contributed by atoms with Crippen molar-refractivity contribution in [2.45, 2.75) is 45.1 Å². The molecule has 0 amide bonds. The SMILES string of the molecule is CCC1CCCCN1c1ccnc(NCCCOC)n1. The molecule has 1 unspecified atom stereocenters. The van der Waals surface area contributed by atoms with E-state index in [1.54, 1.807) is 7.11 Å². The number of aromatic nitrogens is 2. The predicted octanol–water partition coefficient (Wildman–Crippen LogP) is 2.69. The van der Waals surface area contributed by atoms with E-state index in [9.17, 15) is 0 Å². The normalized spacial score (nSPS) is 19.1. The molecule has 1 aromatic rings. The third kappa shape index (κ3) is 4.07. The number of hydrogen-bond donors (Lipinski definition) is 1. The molecule has 1 fully saturated rings. The molecule has 1 atom stereocenters. The van der Waals surface area contributed by atoms with Crippen LogP contribution in [0.15, 0.2) is 12.3 Å². The Kier molecular flexibility index (Phi) is 6.05. The van der Waals surface area contributed by atoms with Gasteiger partial charge < -0.3 is 15.0 Å². The molecule has 112 valence electrons. The van der Waals surface area contributed by atoms with Crippen molar-refractivity contribution in [2.75, 3.05) is 37.0 Å². The van der Waals surface area contributed by atoms with Gasteiger partial charge in [-0.15, -0.1) is 0 Å². The maximum Gasteiger partial charge on any atom is 0.224 e. The zero-order chi connectivity index (χ0) is 14.2. The Morgan fingerprint density at radius 1 is 1.45 bits per heavy atom. The fourth-order valence-electron chi connectivity index (χ4n) is 2.74. The van der Waals surface area contributed by atoms with Crippen molar-refractivity contribution in [2.24, 2.45) is 0 Å². The number of ether oxygens (including phenoxy) is 1. The minimum absolute atomic E-state index is 0.625. The first-order valence-corrected chi connectivity index (χ1v) is 7.67. The van der Waals surface area contributed by atoms with Gasteiger partial charge in [-0.2, -0.15) is 4.98 Å². The number of piperidine rings is 1. The highest BCUT2D eigenvalue weighted by atomic mass is 16.5. The number of methoxy groups -OCH3 is 1. The predicted molar refractivity (Wildman–Crippen MR) is 82.3 cm³/mol. The number of anilines is 2. The molecule has 1 aliphatic rings. The molecule has 2 rings (SSSR count). The summed E-state index contributed by atoms with van der Waals surface area (Å²) in [5, 5.41) is 3.26. The fourth-order valence-corrected chi connectivity index (χ4v) is 2.74. The Labute approximate surface area is 121 Å². The van der Waals surface area contributed by atoms with Crippen molar-refractivity contribution in [3.8, 4) is 0 Å². The summed E-state index contributed by atoms with van der Waals surface area (Å²) in [5.41, 5.74) is 0.